The number of phosphoric ester groups is 2. The van der Waals surface area contributed by atoms with Crippen molar-refractivity contribution in [3.05, 3.63) is 158 Å². The summed E-state index contributed by atoms with van der Waals surface area (Å²) in [6, 6.07) is 0. The van der Waals surface area contributed by atoms with Crippen molar-refractivity contribution in [1.82, 2.24) is 0 Å². The Hall–Kier alpha value is -5.32. The van der Waals surface area contributed by atoms with Crippen LogP contribution in [-0.2, 0) is 65.4 Å². The minimum absolute atomic E-state index is 0.0609. The molecule has 0 saturated carbocycles. The van der Waals surface area contributed by atoms with Crippen molar-refractivity contribution >= 4 is 39.5 Å². The van der Waals surface area contributed by atoms with Gasteiger partial charge in [0.1, 0.15) is 19.3 Å². The average molecular weight is 1470 g/mol. The number of allylic oxidation sites excluding steroid dienone is 26. The molecule has 3 N–H and O–H groups in total. The van der Waals surface area contributed by atoms with Crippen LogP contribution in [0, 0.1) is 0 Å². The molecule has 0 heterocycles. The minimum atomic E-state index is -5.00. The lowest BCUT2D eigenvalue weighted by molar-refractivity contribution is -0.161. The second-order valence-corrected chi connectivity index (χ2v) is 28.0. The third kappa shape index (κ3) is 73.0. The Morgan fingerprint density at radius 2 is 0.480 bits per heavy atom. The molecule has 0 fully saturated rings. The summed E-state index contributed by atoms with van der Waals surface area (Å²) in [4.78, 5) is 73.0. The Morgan fingerprint density at radius 1 is 0.275 bits per heavy atom. The first-order valence-corrected chi connectivity index (χ1v) is 41.7. The highest BCUT2D eigenvalue weighted by molar-refractivity contribution is 7.47. The average Bonchev–Trinajstić information content (AvgIpc) is 0.926. The Bertz CT molecular complexity index is 2550. The zero-order chi connectivity index (χ0) is 74.6. The topological polar surface area (TPSA) is 237 Å². The number of ether oxygens (including phenoxy) is 4. The van der Waals surface area contributed by atoms with Crippen LogP contribution in [0.2, 0.25) is 0 Å². The Balaban J connectivity index is 5.44. The number of carbonyl (C=O) groups is 4. The van der Waals surface area contributed by atoms with Gasteiger partial charge in [0, 0.05) is 25.7 Å². The van der Waals surface area contributed by atoms with Gasteiger partial charge in [-0.2, -0.15) is 0 Å². The predicted octanol–water partition coefficient (Wildman–Crippen LogP) is 22.4. The first kappa shape index (κ1) is 96.7. The smallest absolute Gasteiger partial charge is 0.462 e. The lowest BCUT2D eigenvalue weighted by Gasteiger charge is -2.21. The normalized spacial score (nSPS) is 14.8. The summed E-state index contributed by atoms with van der Waals surface area (Å²) in [5.74, 6) is -2.28. The number of esters is 4. The first-order chi connectivity index (χ1) is 49.7. The number of hydrogen-bond donors (Lipinski definition) is 3. The number of carbonyl (C=O) groups excluding carboxylic acids is 4. The molecule has 0 aliphatic carbocycles. The van der Waals surface area contributed by atoms with Gasteiger partial charge in [-0.15, -0.1) is 0 Å². The van der Waals surface area contributed by atoms with Crippen LogP contribution < -0.4 is 0 Å². The van der Waals surface area contributed by atoms with Crippen LogP contribution in [0.3, 0.4) is 0 Å². The SMILES string of the molecule is CC/C=C\C/C=C\C/C=C\C/C=C\CCCCC(=O)OCC(COP(=O)(O)OCC(O)COP(=O)(O)OCC(COC(=O)CCCCCCCCC/C=C\C/C=C\C/C=C\CC)OC(=O)CCCCCCC/C=C\C/C=C\C/C=C\CC)OC(=O)CCCCCCC/C=C\C/C=C\C/C=C\CC. The number of aliphatic hydroxyl groups is 1. The molecule has 102 heavy (non-hydrogen) atoms. The molecule has 0 radical (unpaired) electrons. The van der Waals surface area contributed by atoms with Crippen LogP contribution in [0.5, 0.6) is 0 Å². The Labute approximate surface area is 617 Å². The van der Waals surface area contributed by atoms with Gasteiger partial charge in [-0.25, -0.2) is 9.13 Å². The van der Waals surface area contributed by atoms with E-state index in [-0.39, 0.29) is 25.7 Å². The Kier molecular flexibility index (Phi) is 70.1. The minimum Gasteiger partial charge on any atom is -0.462 e. The van der Waals surface area contributed by atoms with Crippen LogP contribution >= 0.6 is 15.6 Å². The molecule has 0 aliphatic heterocycles. The molecule has 0 aliphatic rings. The molecule has 0 bridgehead atoms. The summed E-state index contributed by atoms with van der Waals surface area (Å²) in [6.07, 6.45) is 85.2. The molecule has 580 valence electrons. The molecule has 0 aromatic heterocycles. The summed E-state index contributed by atoms with van der Waals surface area (Å²) in [7, 11) is -9.99. The molecule has 0 amide bonds. The van der Waals surface area contributed by atoms with Crippen LogP contribution in [0.15, 0.2) is 158 Å². The standard InChI is InChI=1S/C83H136O17P2/c1-5-9-13-17-21-25-29-33-37-38-42-44-48-52-56-60-64-68-81(86)94-74-79(100-83(88)70-66-62-58-54-50-46-41-36-32-28-24-20-16-12-8-4)76-98-102(91,92)96-72-77(84)71-95-101(89,90)97-75-78(99-82(87)69-65-61-57-53-49-45-40-35-31-27-23-19-15-11-7-3)73-93-80(85)67-63-59-55-51-47-43-39-34-30-26-22-18-14-10-6-2/h9-16,21-28,33-37,39-41,47,51,77-79,84H,5-8,17-20,29-32,38,42-46,48-50,52-76H2,1-4H3,(H,89,90)(H,91,92)/b13-9-,14-10-,15-11-,16-12-,25-21-,26-22-,27-23-,28-24-,37-33-,39-34-,40-35-,41-36-,51-47-. The van der Waals surface area contributed by atoms with Gasteiger partial charge in [-0.1, -0.05) is 256 Å². The van der Waals surface area contributed by atoms with Gasteiger partial charge in [0.25, 0.3) is 0 Å². The first-order valence-electron chi connectivity index (χ1n) is 38.7. The molecular weight excluding hydrogens is 1330 g/mol. The highest BCUT2D eigenvalue weighted by atomic mass is 31.2. The van der Waals surface area contributed by atoms with Crippen LogP contribution in [0.25, 0.3) is 0 Å². The molecule has 0 rings (SSSR count). The maximum absolute atomic E-state index is 13.1. The number of phosphoric acid groups is 2. The van der Waals surface area contributed by atoms with E-state index in [4.69, 9.17) is 37.0 Å². The molecule has 0 aromatic carbocycles. The highest BCUT2D eigenvalue weighted by Crippen LogP contribution is 2.45. The molecule has 5 atom stereocenters. The van der Waals surface area contributed by atoms with Gasteiger partial charge >= 0.3 is 39.5 Å². The largest absolute Gasteiger partial charge is 0.472 e. The summed E-state index contributed by atoms with van der Waals surface area (Å²) in [5, 5.41) is 10.6. The lowest BCUT2D eigenvalue weighted by atomic mass is 10.1. The zero-order valence-corrected chi connectivity index (χ0v) is 65.0. The fourth-order valence-corrected chi connectivity index (χ4v) is 11.3. The van der Waals surface area contributed by atoms with E-state index < -0.39 is 97.5 Å². The fourth-order valence-electron chi connectivity index (χ4n) is 9.72. The van der Waals surface area contributed by atoms with Crippen LogP contribution in [-0.4, -0.2) is 96.7 Å². The number of hydrogen-bond acceptors (Lipinski definition) is 15. The van der Waals surface area contributed by atoms with Crippen molar-refractivity contribution in [2.45, 2.75) is 303 Å². The van der Waals surface area contributed by atoms with Crippen molar-refractivity contribution in [3.8, 4) is 0 Å². The van der Waals surface area contributed by atoms with Crippen molar-refractivity contribution in [2.24, 2.45) is 0 Å². The quantitative estimate of drug-likeness (QED) is 0.0169. The van der Waals surface area contributed by atoms with Crippen molar-refractivity contribution < 1.29 is 80.2 Å². The lowest BCUT2D eigenvalue weighted by Crippen LogP contribution is -2.30. The maximum Gasteiger partial charge on any atom is 0.472 e. The number of aliphatic hydroxyl groups excluding tert-OH is 1. The van der Waals surface area contributed by atoms with Gasteiger partial charge in [0.15, 0.2) is 12.2 Å². The van der Waals surface area contributed by atoms with E-state index in [0.717, 1.165) is 205 Å². The van der Waals surface area contributed by atoms with E-state index in [1.807, 2.05) is 0 Å². The van der Waals surface area contributed by atoms with Gasteiger partial charge in [-0.3, -0.25) is 37.3 Å². The summed E-state index contributed by atoms with van der Waals surface area (Å²) in [6.45, 7) is 4.31. The monoisotopic (exact) mass is 1470 g/mol. The molecule has 0 aromatic rings. The molecule has 0 saturated heterocycles. The van der Waals surface area contributed by atoms with Crippen LogP contribution in [0.1, 0.15) is 285 Å². The Morgan fingerprint density at radius 3 is 0.755 bits per heavy atom. The highest BCUT2D eigenvalue weighted by Gasteiger charge is 2.30. The summed E-state index contributed by atoms with van der Waals surface area (Å²) < 4.78 is 68.5. The van der Waals surface area contributed by atoms with E-state index in [2.05, 4.69) is 186 Å². The van der Waals surface area contributed by atoms with E-state index in [1.165, 1.54) is 0 Å². The van der Waals surface area contributed by atoms with Crippen LogP contribution in [0.4, 0.5) is 0 Å². The molecule has 17 nitrogen and oxygen atoms in total. The predicted molar refractivity (Wildman–Crippen MR) is 417 cm³/mol. The second kappa shape index (κ2) is 74.0. The second-order valence-electron chi connectivity index (χ2n) is 25.1. The molecule has 19 heteroatoms. The van der Waals surface area contributed by atoms with Crippen molar-refractivity contribution in [2.75, 3.05) is 39.6 Å². The summed E-state index contributed by atoms with van der Waals surface area (Å²) in [5.41, 5.74) is 0. The summed E-state index contributed by atoms with van der Waals surface area (Å²) >= 11 is 0. The molecule has 5 unspecified atom stereocenters. The van der Waals surface area contributed by atoms with Gasteiger partial charge in [-0.05, 0) is 161 Å². The van der Waals surface area contributed by atoms with E-state index in [1.54, 1.807) is 0 Å². The van der Waals surface area contributed by atoms with Gasteiger partial charge in [0.2, 0.25) is 0 Å². The van der Waals surface area contributed by atoms with Gasteiger partial charge in [0.05, 0.1) is 26.4 Å². The van der Waals surface area contributed by atoms with Crippen molar-refractivity contribution in [1.29, 1.82) is 0 Å². The molecular formula is C83H136O17P2. The van der Waals surface area contributed by atoms with E-state index in [9.17, 15) is 43.2 Å². The zero-order valence-electron chi connectivity index (χ0n) is 63.2. The third-order valence-corrected chi connectivity index (χ3v) is 17.4. The third-order valence-electron chi connectivity index (χ3n) is 15.5. The van der Waals surface area contributed by atoms with E-state index >= 15 is 0 Å². The maximum atomic E-state index is 13.1. The number of rotatable bonds is 71. The van der Waals surface area contributed by atoms with E-state index in [0.29, 0.717) is 25.7 Å². The number of unbranched alkanes of at least 4 members (excludes halogenated alkanes) is 19. The molecule has 0 spiro atoms. The van der Waals surface area contributed by atoms with Gasteiger partial charge < -0.3 is 33.8 Å². The fraction of sp³-hybridized carbons (Fsp3) is 0.639. The van der Waals surface area contributed by atoms with Crippen molar-refractivity contribution in [3.63, 3.8) is 0 Å².